The summed E-state index contributed by atoms with van der Waals surface area (Å²) in [7, 11) is 0. The summed E-state index contributed by atoms with van der Waals surface area (Å²) in [6.45, 7) is 6.20. The Balaban J connectivity index is 1.81. The molecule has 2 aliphatic heterocycles. The minimum atomic E-state index is -0.276. The van der Waals surface area contributed by atoms with E-state index in [2.05, 4.69) is 20.2 Å². The van der Waals surface area contributed by atoms with Gasteiger partial charge in [0.05, 0.1) is 11.3 Å². The van der Waals surface area contributed by atoms with Crippen molar-refractivity contribution >= 4 is 34.7 Å². The Labute approximate surface area is 156 Å². The number of hydrogen-bond acceptors (Lipinski definition) is 6. The first kappa shape index (κ1) is 17.0. The first-order valence-corrected chi connectivity index (χ1v) is 8.76. The highest BCUT2D eigenvalue weighted by Crippen LogP contribution is 2.30. The van der Waals surface area contributed by atoms with Gasteiger partial charge in [0.15, 0.2) is 11.4 Å². The fourth-order valence-corrected chi connectivity index (χ4v) is 3.31. The minimum absolute atomic E-state index is 0.0717. The molecule has 0 unspecified atom stereocenters. The molecule has 136 valence electrons. The van der Waals surface area contributed by atoms with Crippen molar-refractivity contribution in [2.45, 2.75) is 26.8 Å². The second-order valence-corrected chi connectivity index (χ2v) is 6.46. The average molecular weight is 362 g/mol. The van der Waals surface area contributed by atoms with Gasteiger partial charge in [-0.1, -0.05) is 0 Å². The van der Waals surface area contributed by atoms with E-state index in [9.17, 15) is 9.59 Å². The van der Waals surface area contributed by atoms with Crippen LogP contribution < -0.4 is 9.80 Å². The quantitative estimate of drug-likeness (QED) is 0.779. The van der Waals surface area contributed by atoms with E-state index in [1.807, 2.05) is 26.8 Å². The lowest BCUT2D eigenvalue weighted by Crippen LogP contribution is -2.36. The molecule has 0 bridgehead atoms. The van der Waals surface area contributed by atoms with Crippen LogP contribution in [0, 0.1) is 0 Å². The van der Waals surface area contributed by atoms with E-state index in [4.69, 9.17) is 0 Å². The number of fused-ring (bicyclic) bond motifs is 2. The zero-order chi connectivity index (χ0) is 19.1. The minimum Gasteiger partial charge on any atom is -0.305 e. The Hall–Kier alpha value is -3.42. The van der Waals surface area contributed by atoms with Crippen LogP contribution in [-0.4, -0.2) is 45.8 Å². The van der Waals surface area contributed by atoms with E-state index >= 15 is 0 Å². The third-order valence-corrected chi connectivity index (χ3v) is 4.52. The van der Waals surface area contributed by atoms with E-state index in [-0.39, 0.29) is 29.3 Å². The van der Waals surface area contributed by atoms with E-state index in [1.54, 1.807) is 40.4 Å². The number of pyridine rings is 2. The molecule has 0 saturated carbocycles. The SMILES string of the molecule is CCN1C(=O)C(=N/N=C2\C(=O)N(C(C)C)c3ncccc32)c2ncccc21. The first-order chi connectivity index (χ1) is 13.0. The number of aromatic nitrogens is 2. The van der Waals surface area contributed by atoms with Crippen LogP contribution in [0.3, 0.4) is 0 Å². The molecule has 0 aliphatic carbocycles. The predicted octanol–water partition coefficient (Wildman–Crippen LogP) is 1.79. The van der Waals surface area contributed by atoms with E-state index < -0.39 is 0 Å². The summed E-state index contributed by atoms with van der Waals surface area (Å²) >= 11 is 0. The summed E-state index contributed by atoms with van der Waals surface area (Å²) in [5.41, 5.74) is 2.11. The van der Waals surface area contributed by atoms with E-state index in [0.717, 1.165) is 0 Å². The molecule has 2 aliphatic rings. The van der Waals surface area contributed by atoms with Gasteiger partial charge in [-0.25, -0.2) is 4.98 Å². The maximum absolute atomic E-state index is 12.8. The first-order valence-electron chi connectivity index (χ1n) is 8.76. The van der Waals surface area contributed by atoms with Crippen LogP contribution in [-0.2, 0) is 9.59 Å². The van der Waals surface area contributed by atoms with Crippen molar-refractivity contribution in [1.82, 2.24) is 9.97 Å². The standard InChI is InChI=1S/C19H18N6O2/c1-4-24-13-8-6-9-20-15(13)16(18(24)26)23-22-14-12-7-5-10-21-17(12)25(11(2)3)19(14)27/h5-11H,4H2,1-3H3/b22-14-,23-16?. The lowest BCUT2D eigenvalue weighted by atomic mass is 10.2. The largest absolute Gasteiger partial charge is 0.305 e. The zero-order valence-electron chi connectivity index (χ0n) is 15.2. The van der Waals surface area contributed by atoms with Crippen LogP contribution in [0.5, 0.6) is 0 Å². The highest BCUT2D eigenvalue weighted by atomic mass is 16.2. The van der Waals surface area contributed by atoms with Gasteiger partial charge < -0.3 is 4.90 Å². The molecule has 2 aromatic rings. The third kappa shape index (κ3) is 2.52. The smallest absolute Gasteiger partial charge is 0.281 e. The zero-order valence-corrected chi connectivity index (χ0v) is 15.2. The Bertz CT molecular complexity index is 1010. The molecule has 2 aromatic heterocycles. The number of rotatable bonds is 3. The Morgan fingerprint density at radius 2 is 1.70 bits per heavy atom. The van der Waals surface area contributed by atoms with Crippen LogP contribution in [0.25, 0.3) is 0 Å². The van der Waals surface area contributed by atoms with Crippen molar-refractivity contribution in [3.05, 3.63) is 47.9 Å². The maximum Gasteiger partial charge on any atom is 0.281 e. The van der Waals surface area contributed by atoms with Gasteiger partial charge in [-0.3, -0.25) is 19.5 Å². The summed E-state index contributed by atoms with van der Waals surface area (Å²) in [6.07, 6.45) is 3.24. The van der Waals surface area contributed by atoms with Gasteiger partial charge >= 0.3 is 0 Å². The van der Waals surface area contributed by atoms with Crippen molar-refractivity contribution in [2.75, 3.05) is 16.3 Å². The number of likely N-dealkylation sites (N-methyl/N-ethyl adjacent to an activating group) is 1. The average Bonchev–Trinajstić information content (AvgIpc) is 3.10. The van der Waals surface area contributed by atoms with Crippen molar-refractivity contribution in [3.8, 4) is 0 Å². The monoisotopic (exact) mass is 362 g/mol. The molecule has 27 heavy (non-hydrogen) atoms. The fraction of sp³-hybridized carbons (Fsp3) is 0.263. The molecule has 0 fully saturated rings. The molecule has 0 N–H and O–H groups in total. The molecule has 0 atom stereocenters. The number of hydrogen-bond donors (Lipinski definition) is 0. The van der Waals surface area contributed by atoms with Crippen LogP contribution >= 0.6 is 0 Å². The molecule has 8 nitrogen and oxygen atoms in total. The molecule has 0 radical (unpaired) electrons. The summed E-state index contributed by atoms with van der Waals surface area (Å²) in [5, 5.41) is 8.31. The van der Waals surface area contributed by atoms with Gasteiger partial charge in [-0.2, -0.15) is 0 Å². The highest BCUT2D eigenvalue weighted by molar-refractivity contribution is 6.55. The maximum atomic E-state index is 12.8. The molecule has 8 heteroatoms. The van der Waals surface area contributed by atoms with Gasteiger partial charge in [0.2, 0.25) is 0 Å². The van der Waals surface area contributed by atoms with E-state index in [1.165, 1.54) is 0 Å². The molecule has 0 aromatic carbocycles. The van der Waals surface area contributed by atoms with Gasteiger partial charge in [0, 0.05) is 25.0 Å². The van der Waals surface area contributed by atoms with Crippen molar-refractivity contribution < 1.29 is 9.59 Å². The van der Waals surface area contributed by atoms with Crippen LogP contribution in [0.1, 0.15) is 32.0 Å². The molecule has 2 amide bonds. The fourth-order valence-electron chi connectivity index (χ4n) is 3.31. The van der Waals surface area contributed by atoms with Crippen LogP contribution in [0.4, 0.5) is 11.5 Å². The summed E-state index contributed by atoms with van der Waals surface area (Å²) < 4.78 is 0. The Morgan fingerprint density at radius 1 is 1.00 bits per heavy atom. The van der Waals surface area contributed by atoms with Crippen LogP contribution in [0.15, 0.2) is 46.9 Å². The van der Waals surface area contributed by atoms with E-state index in [0.29, 0.717) is 29.3 Å². The Kier molecular flexibility index (Phi) is 4.02. The molecule has 4 rings (SSSR count). The second-order valence-electron chi connectivity index (χ2n) is 6.46. The molecular weight excluding hydrogens is 344 g/mol. The second kappa shape index (κ2) is 6.39. The lowest BCUT2D eigenvalue weighted by molar-refractivity contribution is -0.113. The van der Waals surface area contributed by atoms with Crippen molar-refractivity contribution in [1.29, 1.82) is 0 Å². The molecule has 4 heterocycles. The summed E-state index contributed by atoms with van der Waals surface area (Å²) in [5.74, 6) is 0.0121. The number of amides is 2. The lowest BCUT2D eigenvalue weighted by Gasteiger charge is -2.19. The topological polar surface area (TPSA) is 91.1 Å². The number of carbonyl (C=O) groups is 2. The third-order valence-electron chi connectivity index (χ3n) is 4.52. The molecular formula is C19H18N6O2. The number of nitrogens with zero attached hydrogens (tertiary/aromatic N) is 6. The molecule has 0 spiro atoms. The normalized spacial score (nSPS) is 18.8. The number of anilines is 2. The summed E-state index contributed by atoms with van der Waals surface area (Å²) in [6, 6.07) is 7.04. The van der Waals surface area contributed by atoms with Gasteiger partial charge in [0.1, 0.15) is 11.5 Å². The van der Waals surface area contributed by atoms with Gasteiger partial charge in [-0.15, -0.1) is 10.2 Å². The molecule has 0 saturated heterocycles. The van der Waals surface area contributed by atoms with Crippen molar-refractivity contribution in [3.63, 3.8) is 0 Å². The van der Waals surface area contributed by atoms with Crippen LogP contribution in [0.2, 0.25) is 0 Å². The number of carbonyl (C=O) groups excluding carboxylic acids is 2. The van der Waals surface area contributed by atoms with Crippen molar-refractivity contribution in [2.24, 2.45) is 10.2 Å². The highest BCUT2D eigenvalue weighted by Gasteiger charge is 2.38. The van der Waals surface area contributed by atoms with Gasteiger partial charge in [0.25, 0.3) is 11.8 Å². The predicted molar refractivity (Wildman–Crippen MR) is 102 cm³/mol. The Morgan fingerprint density at radius 3 is 2.44 bits per heavy atom. The summed E-state index contributed by atoms with van der Waals surface area (Å²) in [4.78, 5) is 37.3. The van der Waals surface area contributed by atoms with Gasteiger partial charge in [-0.05, 0) is 45.0 Å².